The van der Waals surface area contributed by atoms with Crippen molar-refractivity contribution in [2.45, 2.75) is 32.7 Å². The third-order valence-electron chi connectivity index (χ3n) is 3.08. The fourth-order valence-corrected chi connectivity index (χ4v) is 2.01. The zero-order valence-electron chi connectivity index (χ0n) is 12.8. The summed E-state index contributed by atoms with van der Waals surface area (Å²) in [5.41, 5.74) is 6.71. The summed E-state index contributed by atoms with van der Waals surface area (Å²) in [5, 5.41) is 0. The summed E-state index contributed by atoms with van der Waals surface area (Å²) in [6, 6.07) is 10.1. The molecule has 0 bridgehead atoms. The molecule has 5 heteroatoms. The number of rotatable bonds is 10. The van der Waals surface area contributed by atoms with E-state index in [2.05, 4.69) is 0 Å². The Hall–Kier alpha value is -1.10. The molecule has 0 heterocycles. The van der Waals surface area contributed by atoms with E-state index in [9.17, 15) is 4.79 Å². The summed E-state index contributed by atoms with van der Waals surface area (Å²) in [7, 11) is 0. The Kier molecular flexibility index (Phi) is 12.0. The van der Waals surface area contributed by atoms with E-state index < -0.39 is 0 Å². The Morgan fingerprint density at radius 1 is 1.24 bits per heavy atom. The van der Waals surface area contributed by atoms with E-state index in [4.69, 9.17) is 10.5 Å². The molecule has 1 rings (SSSR count). The van der Waals surface area contributed by atoms with Crippen LogP contribution in [0.2, 0.25) is 0 Å². The average Bonchev–Trinajstić information content (AvgIpc) is 2.48. The predicted molar refractivity (Wildman–Crippen MR) is 88.5 cm³/mol. The van der Waals surface area contributed by atoms with Crippen molar-refractivity contribution in [3.05, 3.63) is 35.9 Å². The largest absolute Gasteiger partial charge is 0.382 e. The molecule has 1 aromatic carbocycles. The van der Waals surface area contributed by atoms with Gasteiger partial charge in [0.05, 0.1) is 0 Å². The van der Waals surface area contributed by atoms with Gasteiger partial charge in [-0.1, -0.05) is 30.3 Å². The predicted octanol–water partition coefficient (Wildman–Crippen LogP) is 2.60. The van der Waals surface area contributed by atoms with Gasteiger partial charge in [-0.15, -0.1) is 12.4 Å². The molecule has 0 unspecified atom stereocenters. The van der Waals surface area contributed by atoms with Crippen molar-refractivity contribution in [3.63, 3.8) is 0 Å². The van der Waals surface area contributed by atoms with Crippen molar-refractivity contribution < 1.29 is 9.53 Å². The number of hydrogen-bond donors (Lipinski definition) is 1. The lowest BCUT2D eigenvalue weighted by molar-refractivity contribution is -0.132. The van der Waals surface area contributed by atoms with Crippen LogP contribution in [0.5, 0.6) is 0 Å². The van der Waals surface area contributed by atoms with Crippen LogP contribution in [0.1, 0.15) is 31.7 Å². The second-order valence-electron chi connectivity index (χ2n) is 4.74. The molecule has 120 valence electrons. The minimum Gasteiger partial charge on any atom is -0.382 e. The van der Waals surface area contributed by atoms with E-state index in [0.29, 0.717) is 32.7 Å². The highest BCUT2D eigenvalue weighted by molar-refractivity contribution is 5.85. The maximum Gasteiger partial charge on any atom is 0.222 e. The fraction of sp³-hybridized carbons (Fsp3) is 0.562. The van der Waals surface area contributed by atoms with Gasteiger partial charge in [0, 0.05) is 32.7 Å². The third kappa shape index (κ3) is 8.71. The minimum atomic E-state index is 0. The van der Waals surface area contributed by atoms with Crippen LogP contribution in [-0.2, 0) is 16.1 Å². The topological polar surface area (TPSA) is 55.6 Å². The summed E-state index contributed by atoms with van der Waals surface area (Å²) >= 11 is 0. The van der Waals surface area contributed by atoms with Gasteiger partial charge >= 0.3 is 0 Å². The number of amides is 1. The van der Waals surface area contributed by atoms with E-state index >= 15 is 0 Å². The molecule has 0 aliphatic rings. The van der Waals surface area contributed by atoms with E-state index in [0.717, 1.165) is 24.9 Å². The Morgan fingerprint density at radius 3 is 2.57 bits per heavy atom. The second kappa shape index (κ2) is 12.6. The Morgan fingerprint density at radius 2 is 1.95 bits per heavy atom. The highest BCUT2D eigenvalue weighted by atomic mass is 35.5. The molecule has 0 fully saturated rings. The molecule has 0 radical (unpaired) electrons. The smallest absolute Gasteiger partial charge is 0.222 e. The maximum atomic E-state index is 12.2. The number of carbonyl (C=O) groups excluding carboxylic acids is 1. The zero-order chi connectivity index (χ0) is 14.6. The van der Waals surface area contributed by atoms with Gasteiger partial charge in [-0.3, -0.25) is 4.79 Å². The molecule has 0 aliphatic carbocycles. The normalized spacial score (nSPS) is 10.0. The van der Waals surface area contributed by atoms with E-state index in [1.165, 1.54) is 0 Å². The van der Waals surface area contributed by atoms with Crippen molar-refractivity contribution in [3.8, 4) is 0 Å². The number of carbonyl (C=O) groups is 1. The van der Waals surface area contributed by atoms with Crippen LogP contribution in [0.15, 0.2) is 30.3 Å². The molecule has 1 aromatic rings. The van der Waals surface area contributed by atoms with Gasteiger partial charge in [0.25, 0.3) is 0 Å². The van der Waals surface area contributed by atoms with Gasteiger partial charge in [-0.25, -0.2) is 0 Å². The fourth-order valence-electron chi connectivity index (χ4n) is 2.01. The van der Waals surface area contributed by atoms with Gasteiger partial charge in [-0.05, 0) is 31.9 Å². The molecule has 1 amide bonds. The van der Waals surface area contributed by atoms with Crippen LogP contribution in [-0.4, -0.2) is 37.1 Å². The van der Waals surface area contributed by atoms with Crippen LogP contribution >= 0.6 is 12.4 Å². The number of nitrogens with zero attached hydrogens (tertiary/aromatic N) is 1. The van der Waals surface area contributed by atoms with Gasteiger partial charge in [0.2, 0.25) is 5.91 Å². The first-order valence-electron chi connectivity index (χ1n) is 7.37. The molecule has 0 spiro atoms. The lowest BCUT2D eigenvalue weighted by Gasteiger charge is -2.22. The molecule has 0 saturated heterocycles. The molecule has 0 aliphatic heterocycles. The molecule has 0 saturated carbocycles. The standard InChI is InChI=1S/C16H26N2O2.ClH/c1-2-20-13-6-10-16(19)18(12-7-11-17)14-15-8-4-3-5-9-15;/h3-5,8-9H,2,6-7,10-14,17H2,1H3;1H. The highest BCUT2D eigenvalue weighted by Gasteiger charge is 2.13. The highest BCUT2D eigenvalue weighted by Crippen LogP contribution is 2.08. The second-order valence-corrected chi connectivity index (χ2v) is 4.74. The Bertz CT molecular complexity index is 374. The van der Waals surface area contributed by atoms with Crippen molar-refractivity contribution in [1.82, 2.24) is 4.90 Å². The quantitative estimate of drug-likeness (QED) is 0.675. The van der Waals surface area contributed by atoms with Gasteiger partial charge in [-0.2, -0.15) is 0 Å². The van der Waals surface area contributed by atoms with E-state index in [1.807, 2.05) is 42.2 Å². The summed E-state index contributed by atoms with van der Waals surface area (Å²) in [4.78, 5) is 14.1. The number of nitrogens with two attached hydrogens (primary N) is 1. The van der Waals surface area contributed by atoms with Crippen LogP contribution in [0, 0.1) is 0 Å². The summed E-state index contributed by atoms with van der Waals surface area (Å²) in [6.45, 7) is 5.31. The SMILES string of the molecule is CCOCCCC(=O)N(CCCN)Cc1ccccc1.Cl. The zero-order valence-corrected chi connectivity index (χ0v) is 13.6. The lowest BCUT2D eigenvalue weighted by Crippen LogP contribution is -2.32. The molecule has 0 aromatic heterocycles. The first kappa shape index (κ1) is 19.9. The minimum absolute atomic E-state index is 0. The van der Waals surface area contributed by atoms with Gasteiger partial charge < -0.3 is 15.4 Å². The number of hydrogen-bond acceptors (Lipinski definition) is 3. The van der Waals surface area contributed by atoms with E-state index in [1.54, 1.807) is 0 Å². The first-order valence-corrected chi connectivity index (χ1v) is 7.37. The summed E-state index contributed by atoms with van der Waals surface area (Å²) in [6.07, 6.45) is 2.15. The summed E-state index contributed by atoms with van der Waals surface area (Å²) < 4.78 is 5.27. The van der Waals surface area contributed by atoms with Crippen molar-refractivity contribution in [1.29, 1.82) is 0 Å². The van der Waals surface area contributed by atoms with Gasteiger partial charge in [0.1, 0.15) is 0 Å². The van der Waals surface area contributed by atoms with Crippen molar-refractivity contribution in [2.24, 2.45) is 5.73 Å². The molecule has 2 N–H and O–H groups in total. The molecule has 4 nitrogen and oxygen atoms in total. The van der Waals surface area contributed by atoms with Crippen molar-refractivity contribution >= 4 is 18.3 Å². The molecule has 0 atom stereocenters. The maximum absolute atomic E-state index is 12.2. The van der Waals surface area contributed by atoms with Crippen LogP contribution < -0.4 is 5.73 Å². The van der Waals surface area contributed by atoms with Crippen LogP contribution in [0.4, 0.5) is 0 Å². The number of benzene rings is 1. The van der Waals surface area contributed by atoms with Crippen LogP contribution in [0.25, 0.3) is 0 Å². The monoisotopic (exact) mass is 314 g/mol. The molecular weight excluding hydrogens is 288 g/mol. The Labute approximate surface area is 134 Å². The first-order chi connectivity index (χ1) is 9.77. The van der Waals surface area contributed by atoms with Crippen LogP contribution in [0.3, 0.4) is 0 Å². The Balaban J connectivity index is 0.00000400. The molecular formula is C16H27ClN2O2. The lowest BCUT2D eigenvalue weighted by atomic mass is 10.2. The van der Waals surface area contributed by atoms with Gasteiger partial charge in [0.15, 0.2) is 0 Å². The van der Waals surface area contributed by atoms with E-state index in [-0.39, 0.29) is 18.3 Å². The number of halogens is 1. The summed E-state index contributed by atoms with van der Waals surface area (Å²) in [5.74, 6) is 0.182. The third-order valence-corrected chi connectivity index (χ3v) is 3.08. The number of ether oxygens (including phenoxy) is 1. The van der Waals surface area contributed by atoms with Crippen molar-refractivity contribution in [2.75, 3.05) is 26.3 Å². The molecule has 21 heavy (non-hydrogen) atoms. The average molecular weight is 315 g/mol.